The molecule has 0 aliphatic heterocycles. The molecule has 0 saturated carbocycles. The smallest absolute Gasteiger partial charge is 0.223 e. The quantitative estimate of drug-likeness (QED) is 0.646. The van der Waals surface area contributed by atoms with Crippen molar-refractivity contribution < 1.29 is 4.39 Å². The molecule has 15 heavy (non-hydrogen) atoms. The van der Waals surface area contributed by atoms with Gasteiger partial charge in [-0.15, -0.1) is 0 Å². The summed E-state index contributed by atoms with van der Waals surface area (Å²) in [5.74, 6) is -0.571. The van der Waals surface area contributed by atoms with Crippen LogP contribution in [-0.2, 0) is 0 Å². The van der Waals surface area contributed by atoms with Gasteiger partial charge in [0.05, 0.1) is 5.02 Å². The Balaban J connectivity index is 2.78. The molecule has 0 fully saturated rings. The lowest BCUT2D eigenvalue weighted by Crippen LogP contribution is -2.41. The fraction of sp³-hybridized carbons (Fsp3) is 0.250. The van der Waals surface area contributed by atoms with Crippen molar-refractivity contribution in [1.29, 1.82) is 0 Å². The van der Waals surface area contributed by atoms with Gasteiger partial charge in [0, 0.05) is 5.69 Å². The van der Waals surface area contributed by atoms with Crippen molar-refractivity contribution in [1.82, 2.24) is 0 Å². The third kappa shape index (κ3) is 3.85. The van der Waals surface area contributed by atoms with Crippen molar-refractivity contribution in [2.75, 3.05) is 5.32 Å². The van der Waals surface area contributed by atoms with Crippen LogP contribution in [0, 0.1) is 5.82 Å². The van der Waals surface area contributed by atoms with Crippen LogP contribution in [-0.4, -0.2) is 9.96 Å². The highest BCUT2D eigenvalue weighted by Crippen LogP contribution is 2.30. The number of benzene rings is 1. The maximum atomic E-state index is 13.0. The summed E-state index contributed by atoms with van der Waals surface area (Å²) in [6, 6.07) is 4.07. The molecular weight excluding hydrogens is 285 g/mol. The van der Waals surface area contributed by atoms with Crippen molar-refractivity contribution >= 4 is 52.1 Å². The predicted octanol–water partition coefficient (Wildman–Crippen LogP) is 3.55. The van der Waals surface area contributed by atoms with Crippen LogP contribution in [0.1, 0.15) is 0 Å². The standard InChI is InChI=1S/C8H7Cl4FN2/c9-5-2-1-4(3-6(5)13)15-7(14)8(10,11)12/h1-3,7,15H,14H2. The summed E-state index contributed by atoms with van der Waals surface area (Å²) >= 11 is 22.1. The first kappa shape index (κ1) is 13.1. The highest BCUT2D eigenvalue weighted by atomic mass is 35.6. The topological polar surface area (TPSA) is 38.0 Å². The Kier molecular flexibility index (Phi) is 4.32. The lowest BCUT2D eigenvalue weighted by Gasteiger charge is -2.22. The van der Waals surface area contributed by atoms with E-state index in [0.717, 1.165) is 0 Å². The molecule has 0 aromatic heterocycles. The first-order chi connectivity index (χ1) is 6.80. The van der Waals surface area contributed by atoms with Crippen LogP contribution < -0.4 is 11.1 Å². The molecule has 1 aromatic carbocycles. The summed E-state index contributed by atoms with van der Waals surface area (Å²) in [6.07, 6.45) is -0.942. The molecule has 0 bridgehead atoms. The van der Waals surface area contributed by atoms with Crippen LogP contribution in [0.25, 0.3) is 0 Å². The average Bonchev–Trinajstić information content (AvgIpc) is 2.10. The molecule has 3 N–H and O–H groups in total. The van der Waals surface area contributed by atoms with Gasteiger partial charge in [0.15, 0.2) is 0 Å². The van der Waals surface area contributed by atoms with Gasteiger partial charge in [0.25, 0.3) is 0 Å². The van der Waals surface area contributed by atoms with E-state index in [4.69, 9.17) is 52.1 Å². The van der Waals surface area contributed by atoms with E-state index < -0.39 is 15.8 Å². The average molecular weight is 292 g/mol. The second kappa shape index (κ2) is 4.93. The maximum Gasteiger partial charge on any atom is 0.223 e. The molecule has 0 amide bonds. The molecule has 0 heterocycles. The molecule has 84 valence electrons. The van der Waals surface area contributed by atoms with Crippen LogP contribution in [0.15, 0.2) is 18.2 Å². The van der Waals surface area contributed by atoms with Crippen LogP contribution in [0.2, 0.25) is 5.02 Å². The fourth-order valence-electron chi connectivity index (χ4n) is 0.847. The molecule has 7 heteroatoms. The van der Waals surface area contributed by atoms with Gasteiger partial charge < -0.3 is 11.1 Å². The number of halogens is 5. The highest BCUT2D eigenvalue weighted by molar-refractivity contribution is 6.68. The molecule has 0 saturated heterocycles. The highest BCUT2D eigenvalue weighted by Gasteiger charge is 2.29. The van der Waals surface area contributed by atoms with Crippen LogP contribution in [0.4, 0.5) is 10.1 Å². The van der Waals surface area contributed by atoms with Crippen molar-refractivity contribution in [3.8, 4) is 0 Å². The predicted molar refractivity (Wildman–Crippen MR) is 63.3 cm³/mol. The van der Waals surface area contributed by atoms with Gasteiger partial charge in [-0.3, -0.25) is 0 Å². The molecule has 1 atom stereocenters. The molecule has 0 radical (unpaired) electrons. The number of nitrogens with one attached hydrogen (secondary N) is 1. The zero-order valence-electron chi connectivity index (χ0n) is 7.28. The van der Waals surface area contributed by atoms with Gasteiger partial charge in [0.2, 0.25) is 3.79 Å². The minimum atomic E-state index is -1.67. The van der Waals surface area contributed by atoms with E-state index in [2.05, 4.69) is 5.32 Å². The van der Waals surface area contributed by atoms with Crippen LogP contribution >= 0.6 is 46.4 Å². The molecule has 0 aliphatic rings. The van der Waals surface area contributed by atoms with Crippen molar-refractivity contribution in [2.24, 2.45) is 5.73 Å². The summed E-state index contributed by atoms with van der Waals surface area (Å²) in [4.78, 5) is 0. The van der Waals surface area contributed by atoms with E-state index >= 15 is 0 Å². The number of nitrogens with two attached hydrogens (primary N) is 1. The lowest BCUT2D eigenvalue weighted by atomic mass is 10.3. The summed E-state index contributed by atoms with van der Waals surface area (Å²) in [5.41, 5.74) is 5.89. The van der Waals surface area contributed by atoms with E-state index in [1.165, 1.54) is 18.2 Å². The van der Waals surface area contributed by atoms with Gasteiger partial charge in [-0.1, -0.05) is 46.4 Å². The molecule has 0 spiro atoms. The van der Waals surface area contributed by atoms with Crippen molar-refractivity contribution in [3.05, 3.63) is 29.0 Å². The number of anilines is 1. The lowest BCUT2D eigenvalue weighted by molar-refractivity contribution is 0.628. The maximum absolute atomic E-state index is 13.0. The summed E-state index contributed by atoms with van der Waals surface area (Å²) < 4.78 is 11.3. The zero-order valence-corrected chi connectivity index (χ0v) is 10.3. The van der Waals surface area contributed by atoms with E-state index in [1.54, 1.807) is 0 Å². The molecule has 1 rings (SSSR count). The third-order valence-electron chi connectivity index (χ3n) is 1.59. The van der Waals surface area contributed by atoms with Gasteiger partial charge in [-0.25, -0.2) is 4.39 Å². The van der Waals surface area contributed by atoms with Gasteiger partial charge in [-0.05, 0) is 18.2 Å². The molecule has 0 aliphatic carbocycles. The SMILES string of the molecule is NC(Nc1ccc(Cl)c(F)c1)C(Cl)(Cl)Cl. The normalized spacial score (nSPS) is 13.7. The molecular formula is C8H7Cl4FN2. The second-order valence-electron chi connectivity index (χ2n) is 2.79. The van der Waals surface area contributed by atoms with Crippen LogP contribution in [0.3, 0.4) is 0 Å². The Hall–Kier alpha value is 0.0700. The Morgan fingerprint density at radius 2 is 1.93 bits per heavy atom. The minimum absolute atomic E-state index is 0.0167. The van der Waals surface area contributed by atoms with Gasteiger partial charge >= 0.3 is 0 Å². The first-order valence-corrected chi connectivity index (χ1v) is 5.36. The Morgan fingerprint density at radius 1 is 1.33 bits per heavy atom. The summed E-state index contributed by atoms with van der Waals surface area (Å²) in [6.45, 7) is 0. The fourth-order valence-corrected chi connectivity index (χ4v) is 1.13. The van der Waals surface area contributed by atoms with Crippen molar-refractivity contribution in [3.63, 3.8) is 0 Å². The Bertz CT molecular complexity index is 353. The minimum Gasteiger partial charge on any atom is -0.366 e. The Morgan fingerprint density at radius 3 is 2.40 bits per heavy atom. The monoisotopic (exact) mass is 290 g/mol. The first-order valence-electron chi connectivity index (χ1n) is 3.84. The van der Waals surface area contributed by atoms with Crippen LogP contribution in [0.5, 0.6) is 0 Å². The number of hydrogen-bond acceptors (Lipinski definition) is 2. The van der Waals surface area contributed by atoms with E-state index in [-0.39, 0.29) is 5.02 Å². The van der Waals surface area contributed by atoms with E-state index in [9.17, 15) is 4.39 Å². The van der Waals surface area contributed by atoms with Crippen molar-refractivity contribution in [2.45, 2.75) is 9.96 Å². The molecule has 2 nitrogen and oxygen atoms in total. The summed E-state index contributed by atoms with van der Waals surface area (Å²) in [5, 5.41) is 2.65. The van der Waals surface area contributed by atoms with E-state index in [1.807, 2.05) is 0 Å². The number of alkyl halides is 3. The Labute approximate surface area is 106 Å². The molecule has 1 unspecified atom stereocenters. The number of rotatable bonds is 2. The van der Waals surface area contributed by atoms with Gasteiger partial charge in [-0.2, -0.15) is 0 Å². The third-order valence-corrected chi connectivity index (χ3v) is 2.61. The largest absolute Gasteiger partial charge is 0.366 e. The zero-order chi connectivity index (χ0) is 11.6. The second-order valence-corrected chi connectivity index (χ2v) is 5.57. The van der Waals surface area contributed by atoms with E-state index in [0.29, 0.717) is 5.69 Å². The summed E-state index contributed by atoms with van der Waals surface area (Å²) in [7, 11) is 0. The van der Waals surface area contributed by atoms with Gasteiger partial charge in [0.1, 0.15) is 12.0 Å². The number of hydrogen-bond donors (Lipinski definition) is 2. The molecule has 1 aromatic rings.